The van der Waals surface area contributed by atoms with E-state index in [0.717, 1.165) is 5.70 Å². The van der Waals surface area contributed by atoms with Gasteiger partial charge in [-0.2, -0.15) is 0 Å². The number of nitrogens with zero attached hydrogens (tertiary/aromatic N) is 2. The van der Waals surface area contributed by atoms with Crippen LogP contribution in [0.25, 0.3) is 0 Å². The molecule has 2 aliphatic heterocycles. The van der Waals surface area contributed by atoms with Crippen molar-refractivity contribution in [2.24, 2.45) is 9.98 Å². The molecule has 0 bridgehead atoms. The van der Waals surface area contributed by atoms with Gasteiger partial charge in [0.25, 0.3) is 5.91 Å². The van der Waals surface area contributed by atoms with Crippen LogP contribution in [0.5, 0.6) is 0 Å². The third-order valence-electron chi connectivity index (χ3n) is 1.51. The number of hydrogen-bond acceptors (Lipinski definition) is 2. The molecule has 0 spiro atoms. The van der Waals surface area contributed by atoms with Crippen LogP contribution in [0, 0.1) is 0 Å². The van der Waals surface area contributed by atoms with Gasteiger partial charge in [0.15, 0.2) is 0 Å². The number of aliphatic imine (C=N–C) groups is 2. The molecule has 0 aliphatic carbocycles. The lowest BCUT2D eigenvalue weighted by Gasteiger charge is -1.87. The molecule has 0 fully saturated rings. The molecule has 3 nitrogen and oxygen atoms in total. The van der Waals surface area contributed by atoms with E-state index in [0.29, 0.717) is 5.71 Å². The van der Waals surface area contributed by atoms with E-state index in [1.807, 2.05) is 12.2 Å². The SMILES string of the molecule is O=C1C=CC(/C=C2\C=CC=N2)=N1. The van der Waals surface area contributed by atoms with Crippen LogP contribution in [0.15, 0.2) is 46.1 Å². The molecule has 12 heavy (non-hydrogen) atoms. The molecule has 0 radical (unpaired) electrons. The number of carbonyl (C=O) groups is 1. The van der Waals surface area contributed by atoms with Gasteiger partial charge in [0.2, 0.25) is 0 Å². The van der Waals surface area contributed by atoms with E-state index in [-0.39, 0.29) is 5.91 Å². The van der Waals surface area contributed by atoms with E-state index in [4.69, 9.17) is 0 Å². The molecule has 0 saturated carbocycles. The van der Waals surface area contributed by atoms with E-state index in [1.54, 1.807) is 18.4 Å². The zero-order valence-corrected chi connectivity index (χ0v) is 6.27. The Morgan fingerprint density at radius 3 is 2.75 bits per heavy atom. The molecule has 0 aromatic rings. The molecule has 0 N–H and O–H groups in total. The Hall–Kier alpha value is -1.77. The molecular weight excluding hydrogens is 152 g/mol. The van der Waals surface area contributed by atoms with Gasteiger partial charge in [0.1, 0.15) is 0 Å². The van der Waals surface area contributed by atoms with Gasteiger partial charge in [0, 0.05) is 12.3 Å². The Bertz CT molecular complexity index is 356. The van der Waals surface area contributed by atoms with Gasteiger partial charge in [0.05, 0.1) is 11.4 Å². The lowest BCUT2D eigenvalue weighted by Crippen LogP contribution is -1.86. The predicted molar refractivity (Wildman–Crippen MR) is 47.3 cm³/mol. The largest absolute Gasteiger partial charge is 0.270 e. The first-order valence-corrected chi connectivity index (χ1v) is 3.58. The van der Waals surface area contributed by atoms with E-state index >= 15 is 0 Å². The second kappa shape index (κ2) is 2.70. The molecule has 2 rings (SSSR count). The molecule has 58 valence electrons. The zero-order chi connectivity index (χ0) is 8.39. The van der Waals surface area contributed by atoms with E-state index in [9.17, 15) is 4.79 Å². The van der Waals surface area contributed by atoms with Gasteiger partial charge in [-0.05, 0) is 24.3 Å². The lowest BCUT2D eigenvalue weighted by atomic mass is 10.3. The highest BCUT2D eigenvalue weighted by atomic mass is 16.1. The summed E-state index contributed by atoms with van der Waals surface area (Å²) < 4.78 is 0. The average molecular weight is 158 g/mol. The van der Waals surface area contributed by atoms with Gasteiger partial charge < -0.3 is 0 Å². The highest BCUT2D eigenvalue weighted by Gasteiger charge is 2.04. The Balaban J connectivity index is 2.23. The van der Waals surface area contributed by atoms with Crippen molar-refractivity contribution in [3.63, 3.8) is 0 Å². The Morgan fingerprint density at radius 1 is 1.25 bits per heavy atom. The maximum atomic E-state index is 10.7. The van der Waals surface area contributed by atoms with Crippen LogP contribution in [-0.4, -0.2) is 17.8 Å². The number of allylic oxidation sites excluding steroid dienone is 4. The van der Waals surface area contributed by atoms with Crippen molar-refractivity contribution in [2.75, 3.05) is 0 Å². The fourth-order valence-corrected chi connectivity index (χ4v) is 0.989. The number of rotatable bonds is 1. The van der Waals surface area contributed by atoms with E-state index in [1.165, 1.54) is 6.08 Å². The van der Waals surface area contributed by atoms with Crippen molar-refractivity contribution in [3.05, 3.63) is 36.1 Å². The summed E-state index contributed by atoms with van der Waals surface area (Å²) in [4.78, 5) is 18.4. The normalized spacial score (nSPS) is 22.8. The minimum absolute atomic E-state index is 0.201. The van der Waals surface area contributed by atoms with Crippen LogP contribution in [0.2, 0.25) is 0 Å². The zero-order valence-electron chi connectivity index (χ0n) is 6.27. The third kappa shape index (κ3) is 1.29. The average Bonchev–Trinajstić information content (AvgIpc) is 2.63. The first kappa shape index (κ1) is 6.91. The highest BCUT2D eigenvalue weighted by molar-refractivity contribution is 6.18. The minimum atomic E-state index is -0.201. The van der Waals surface area contributed by atoms with Crippen molar-refractivity contribution in [1.29, 1.82) is 0 Å². The summed E-state index contributed by atoms with van der Waals surface area (Å²) in [5, 5.41) is 0. The second-order valence-electron chi connectivity index (χ2n) is 2.41. The van der Waals surface area contributed by atoms with Gasteiger partial charge >= 0.3 is 0 Å². The van der Waals surface area contributed by atoms with Crippen molar-refractivity contribution >= 4 is 17.8 Å². The first-order chi connectivity index (χ1) is 5.84. The monoisotopic (exact) mass is 158 g/mol. The van der Waals surface area contributed by atoms with Crippen LogP contribution < -0.4 is 0 Å². The second-order valence-corrected chi connectivity index (χ2v) is 2.41. The van der Waals surface area contributed by atoms with Crippen LogP contribution in [-0.2, 0) is 4.79 Å². The Kier molecular flexibility index (Phi) is 1.55. The Labute approximate surface area is 69.5 Å². The maximum absolute atomic E-state index is 10.7. The summed E-state index contributed by atoms with van der Waals surface area (Å²) in [6.45, 7) is 0. The first-order valence-electron chi connectivity index (χ1n) is 3.58. The van der Waals surface area contributed by atoms with Crippen molar-refractivity contribution in [2.45, 2.75) is 0 Å². The smallest absolute Gasteiger partial charge is 0.267 e. The number of amides is 1. The van der Waals surface area contributed by atoms with Crippen molar-refractivity contribution < 1.29 is 4.79 Å². The lowest BCUT2D eigenvalue weighted by molar-refractivity contribution is -0.113. The number of hydrogen-bond donors (Lipinski definition) is 0. The highest BCUT2D eigenvalue weighted by Crippen LogP contribution is 2.07. The molecule has 2 heterocycles. The van der Waals surface area contributed by atoms with Gasteiger partial charge in [-0.25, -0.2) is 4.99 Å². The van der Waals surface area contributed by atoms with Crippen LogP contribution in [0.1, 0.15) is 0 Å². The molecular formula is C9H6N2O. The van der Waals surface area contributed by atoms with Crippen LogP contribution in [0.4, 0.5) is 0 Å². The Morgan fingerprint density at radius 2 is 2.17 bits per heavy atom. The molecule has 0 atom stereocenters. The summed E-state index contributed by atoms with van der Waals surface area (Å²) in [5.41, 5.74) is 1.49. The number of carbonyl (C=O) groups excluding carboxylic acids is 1. The van der Waals surface area contributed by atoms with Crippen LogP contribution >= 0.6 is 0 Å². The molecule has 1 amide bonds. The molecule has 0 aromatic heterocycles. The molecule has 0 saturated heterocycles. The quantitative estimate of drug-likeness (QED) is 0.562. The van der Waals surface area contributed by atoms with Crippen molar-refractivity contribution in [1.82, 2.24) is 0 Å². The molecule has 0 aromatic carbocycles. The predicted octanol–water partition coefficient (Wildman–Crippen LogP) is 1.05. The molecule has 3 heteroatoms. The maximum Gasteiger partial charge on any atom is 0.270 e. The summed E-state index contributed by atoms with van der Waals surface area (Å²) >= 11 is 0. The van der Waals surface area contributed by atoms with Gasteiger partial charge in [-0.1, -0.05) is 0 Å². The van der Waals surface area contributed by atoms with Crippen LogP contribution in [0.3, 0.4) is 0 Å². The van der Waals surface area contributed by atoms with Crippen molar-refractivity contribution in [3.8, 4) is 0 Å². The molecule has 0 unspecified atom stereocenters. The fraction of sp³-hybridized carbons (Fsp3) is 0. The molecule has 2 aliphatic rings. The van der Waals surface area contributed by atoms with E-state index in [2.05, 4.69) is 9.98 Å². The standard InChI is InChI=1S/C9H6N2O/c12-9-4-3-8(11-9)6-7-2-1-5-10-7/h1-6H/b7-6+. The van der Waals surface area contributed by atoms with Gasteiger partial charge in [-0.15, -0.1) is 0 Å². The van der Waals surface area contributed by atoms with Gasteiger partial charge in [-0.3, -0.25) is 9.79 Å². The topological polar surface area (TPSA) is 41.8 Å². The minimum Gasteiger partial charge on any atom is -0.267 e. The fourth-order valence-electron chi connectivity index (χ4n) is 0.989. The summed E-state index contributed by atoms with van der Waals surface area (Å²) in [7, 11) is 0. The summed E-state index contributed by atoms with van der Waals surface area (Å²) in [6, 6.07) is 0. The summed E-state index contributed by atoms with van der Waals surface area (Å²) in [5.74, 6) is -0.201. The third-order valence-corrected chi connectivity index (χ3v) is 1.51. The van der Waals surface area contributed by atoms with E-state index < -0.39 is 0 Å². The summed E-state index contributed by atoms with van der Waals surface area (Å²) in [6.07, 6.45) is 10.3.